The van der Waals surface area contributed by atoms with Crippen molar-refractivity contribution >= 4 is 18.7 Å². The molecule has 0 heterocycles. The van der Waals surface area contributed by atoms with Crippen LogP contribution in [0.15, 0.2) is 17.0 Å². The highest BCUT2D eigenvalue weighted by Crippen LogP contribution is 1.96. The van der Waals surface area contributed by atoms with Gasteiger partial charge < -0.3 is 15.1 Å². The van der Waals surface area contributed by atoms with Gasteiger partial charge in [-0.3, -0.25) is 0 Å². The molecule has 0 fully saturated rings. The molecule has 6 nitrogen and oxygen atoms in total. The van der Waals surface area contributed by atoms with Gasteiger partial charge in [-0.15, -0.1) is 0 Å². The summed E-state index contributed by atoms with van der Waals surface area (Å²) in [6.45, 7) is 2.82. The molecule has 0 aliphatic heterocycles. The highest BCUT2D eigenvalue weighted by Gasteiger charge is 2.10. The van der Waals surface area contributed by atoms with Gasteiger partial charge in [0.05, 0.1) is 6.08 Å². The predicted molar refractivity (Wildman–Crippen MR) is 34.0 cm³/mol. The number of nitrogens with zero attached hydrogens (tertiary/aromatic N) is 1. The summed E-state index contributed by atoms with van der Waals surface area (Å²) >= 11 is 0. The summed E-state index contributed by atoms with van der Waals surface area (Å²) < 4.78 is 0. The van der Waals surface area contributed by atoms with Gasteiger partial charge in [0.15, 0.2) is 0 Å². The molecule has 2 N–H and O–H groups in total. The molecule has 0 rings (SSSR count). The van der Waals surface area contributed by atoms with Crippen LogP contribution in [0.25, 0.3) is 0 Å². The Morgan fingerprint density at radius 2 is 2.00 bits per heavy atom. The number of carbonyl (C=O) groups is 2. The Morgan fingerprint density at radius 3 is 2.27 bits per heavy atom. The summed E-state index contributed by atoms with van der Waals surface area (Å²) in [6, 6.07) is 0. The molecule has 6 heteroatoms. The van der Waals surface area contributed by atoms with Crippen LogP contribution >= 0.6 is 0 Å². The molecule has 0 bridgehead atoms. The summed E-state index contributed by atoms with van der Waals surface area (Å²) in [4.78, 5) is 24.0. The molecule has 0 aromatic rings. The van der Waals surface area contributed by atoms with Gasteiger partial charge in [0.25, 0.3) is 0 Å². The normalized spacial score (nSPS) is 10.4. The quantitative estimate of drug-likeness (QED) is 0.253. The van der Waals surface area contributed by atoms with Crippen LogP contribution in [0.1, 0.15) is 0 Å². The summed E-state index contributed by atoms with van der Waals surface area (Å²) in [5, 5.41) is 19.0. The Balaban J connectivity index is 4.44. The number of oxime groups is 1. The molecule has 11 heavy (non-hydrogen) atoms. The second-order valence-electron chi connectivity index (χ2n) is 1.37. The lowest BCUT2D eigenvalue weighted by molar-refractivity contribution is -0.138. The summed E-state index contributed by atoms with van der Waals surface area (Å²) in [6.07, 6.45) is 0.372. The SMILES string of the molecule is C=NO/C(=C/C(=O)O)C(=O)O. The maximum absolute atomic E-state index is 10.1. The molecule has 0 aromatic heterocycles. The predicted octanol–water partition coefficient (Wildman–Crippen LogP) is -0.328. The molecule has 0 unspecified atom stereocenters. The molecule has 0 amide bonds. The number of aliphatic carboxylic acids is 2. The zero-order valence-electron chi connectivity index (χ0n) is 5.35. The van der Waals surface area contributed by atoms with Crippen LogP contribution in [0.3, 0.4) is 0 Å². The van der Waals surface area contributed by atoms with E-state index in [1.54, 1.807) is 0 Å². The second-order valence-corrected chi connectivity index (χ2v) is 1.37. The minimum atomic E-state index is -1.51. The van der Waals surface area contributed by atoms with E-state index >= 15 is 0 Å². The minimum absolute atomic E-state index is 0.372. The minimum Gasteiger partial charge on any atom is -0.478 e. The van der Waals surface area contributed by atoms with Crippen LogP contribution in [0, 0.1) is 0 Å². The third-order valence-electron chi connectivity index (χ3n) is 0.628. The standard InChI is InChI=1S/C5H5NO5/c1-6-11-3(5(9)10)2-4(7)8/h2H,1H2,(H,7,8)(H,9,10)/b3-2+. The highest BCUT2D eigenvalue weighted by molar-refractivity contribution is 5.92. The van der Waals surface area contributed by atoms with Crippen molar-refractivity contribution < 1.29 is 24.6 Å². The molecule has 0 saturated heterocycles. The summed E-state index contributed by atoms with van der Waals surface area (Å²) in [7, 11) is 0. The first-order valence-electron chi connectivity index (χ1n) is 2.39. The average molecular weight is 159 g/mol. The summed E-state index contributed by atoms with van der Waals surface area (Å²) in [5.41, 5.74) is 0. The monoisotopic (exact) mass is 159 g/mol. The van der Waals surface area contributed by atoms with Crippen molar-refractivity contribution in [1.29, 1.82) is 0 Å². The van der Waals surface area contributed by atoms with Gasteiger partial charge in [-0.25, -0.2) is 9.59 Å². The van der Waals surface area contributed by atoms with E-state index < -0.39 is 17.7 Å². The van der Waals surface area contributed by atoms with Crippen LogP contribution in [0.2, 0.25) is 0 Å². The first kappa shape index (κ1) is 9.15. The Kier molecular flexibility index (Phi) is 3.36. The fraction of sp³-hybridized carbons (Fsp3) is 0. The molecule has 0 saturated carbocycles. The smallest absolute Gasteiger partial charge is 0.374 e. The van der Waals surface area contributed by atoms with Gasteiger partial charge in [-0.2, -0.15) is 0 Å². The second kappa shape index (κ2) is 4.04. The first-order chi connectivity index (χ1) is 5.07. The van der Waals surface area contributed by atoms with Crippen LogP contribution in [0.5, 0.6) is 0 Å². The van der Waals surface area contributed by atoms with E-state index in [-0.39, 0.29) is 0 Å². The van der Waals surface area contributed by atoms with Crippen molar-refractivity contribution in [3.63, 3.8) is 0 Å². The van der Waals surface area contributed by atoms with E-state index in [1.165, 1.54) is 0 Å². The van der Waals surface area contributed by atoms with E-state index in [0.717, 1.165) is 0 Å². The molecule has 0 aromatic carbocycles. The number of hydrogen-bond donors (Lipinski definition) is 2. The molecular formula is C5H5NO5. The number of carboxylic acid groups (broad SMARTS) is 2. The van der Waals surface area contributed by atoms with Gasteiger partial charge in [0.2, 0.25) is 5.76 Å². The van der Waals surface area contributed by atoms with Crippen molar-refractivity contribution in [2.24, 2.45) is 5.16 Å². The zero-order valence-corrected chi connectivity index (χ0v) is 5.35. The van der Waals surface area contributed by atoms with Crippen LogP contribution < -0.4 is 0 Å². The third kappa shape index (κ3) is 3.68. The topological polar surface area (TPSA) is 96.2 Å². The molecule has 0 atom stereocenters. The Bertz CT molecular complexity index is 219. The zero-order chi connectivity index (χ0) is 8.85. The van der Waals surface area contributed by atoms with Crippen LogP contribution in [-0.4, -0.2) is 28.9 Å². The van der Waals surface area contributed by atoms with E-state index in [1.807, 2.05) is 0 Å². The maximum Gasteiger partial charge on any atom is 0.374 e. The number of hydrogen-bond acceptors (Lipinski definition) is 4. The van der Waals surface area contributed by atoms with E-state index in [2.05, 4.69) is 16.7 Å². The third-order valence-corrected chi connectivity index (χ3v) is 0.628. The van der Waals surface area contributed by atoms with Crippen LogP contribution in [0.4, 0.5) is 0 Å². The maximum atomic E-state index is 10.1. The van der Waals surface area contributed by atoms with Crippen molar-refractivity contribution in [3.8, 4) is 0 Å². The van der Waals surface area contributed by atoms with Crippen molar-refractivity contribution in [2.75, 3.05) is 0 Å². The lowest BCUT2D eigenvalue weighted by Gasteiger charge is -1.94. The Hall–Kier alpha value is -1.85. The van der Waals surface area contributed by atoms with Gasteiger partial charge in [0, 0.05) is 6.72 Å². The molecular weight excluding hydrogens is 154 g/mol. The van der Waals surface area contributed by atoms with E-state index in [4.69, 9.17) is 10.2 Å². The van der Waals surface area contributed by atoms with Crippen LogP contribution in [-0.2, 0) is 14.4 Å². The number of carboxylic acids is 2. The fourth-order valence-electron chi connectivity index (χ4n) is 0.309. The lowest BCUT2D eigenvalue weighted by atomic mass is 10.4. The Morgan fingerprint density at radius 1 is 1.45 bits per heavy atom. The molecule has 0 aliphatic carbocycles. The summed E-state index contributed by atoms with van der Waals surface area (Å²) in [5.74, 6) is -3.72. The van der Waals surface area contributed by atoms with Crippen molar-refractivity contribution in [2.45, 2.75) is 0 Å². The first-order valence-corrected chi connectivity index (χ1v) is 2.39. The van der Waals surface area contributed by atoms with E-state index in [9.17, 15) is 9.59 Å². The molecule has 0 aliphatic rings. The highest BCUT2D eigenvalue weighted by atomic mass is 16.6. The average Bonchev–Trinajstić information content (AvgIpc) is 1.86. The van der Waals surface area contributed by atoms with Gasteiger partial charge >= 0.3 is 11.9 Å². The van der Waals surface area contributed by atoms with E-state index in [0.29, 0.717) is 6.08 Å². The van der Waals surface area contributed by atoms with Gasteiger partial charge in [0.1, 0.15) is 0 Å². The fourth-order valence-corrected chi connectivity index (χ4v) is 0.309. The molecule has 0 radical (unpaired) electrons. The molecule has 60 valence electrons. The van der Waals surface area contributed by atoms with Crippen molar-refractivity contribution in [3.05, 3.63) is 11.8 Å². The van der Waals surface area contributed by atoms with Gasteiger partial charge in [-0.1, -0.05) is 5.16 Å². The Labute approximate surface area is 61.4 Å². The van der Waals surface area contributed by atoms with Gasteiger partial charge in [-0.05, 0) is 0 Å². The largest absolute Gasteiger partial charge is 0.478 e. The lowest BCUT2D eigenvalue weighted by Crippen LogP contribution is -2.04. The van der Waals surface area contributed by atoms with Crippen molar-refractivity contribution in [1.82, 2.24) is 0 Å². The molecule has 0 spiro atoms. The number of rotatable bonds is 4.